The van der Waals surface area contributed by atoms with Crippen molar-refractivity contribution in [1.29, 1.82) is 0 Å². The quantitative estimate of drug-likeness (QED) is 0.876. The number of primary sulfonamides is 1. The molecule has 1 heterocycles. The van der Waals surface area contributed by atoms with Gasteiger partial charge >= 0.3 is 0 Å². The number of sulfonamides is 1. The first-order valence-electron chi connectivity index (χ1n) is 4.17. The average Bonchev–Trinajstić information content (AvgIpc) is 2.18. The Morgan fingerprint density at radius 3 is 2.69 bits per heavy atom. The fourth-order valence-electron chi connectivity index (χ4n) is 1.33. The molecule has 0 saturated heterocycles. The molecule has 2 rings (SSSR count). The fourth-order valence-corrected chi connectivity index (χ4v) is 2.89. The van der Waals surface area contributed by atoms with Gasteiger partial charge in [0.1, 0.15) is 4.90 Å². The lowest BCUT2D eigenvalue weighted by molar-refractivity contribution is 0.597. The van der Waals surface area contributed by atoms with Crippen molar-refractivity contribution >= 4 is 48.5 Å². The van der Waals surface area contributed by atoms with Crippen molar-refractivity contribution in [3.8, 4) is 0 Å². The molecule has 84 valence electrons. The summed E-state index contributed by atoms with van der Waals surface area (Å²) >= 11 is 9.28. The van der Waals surface area contributed by atoms with Crippen LogP contribution in [0.1, 0.15) is 0 Å². The van der Waals surface area contributed by atoms with Gasteiger partial charge in [0.2, 0.25) is 10.0 Å². The molecule has 0 aliphatic carbocycles. The van der Waals surface area contributed by atoms with E-state index in [4.69, 9.17) is 16.7 Å². The number of para-hydroxylation sites is 1. The molecule has 0 radical (unpaired) electrons. The number of halogens is 2. The molecule has 1 aromatic carbocycles. The molecule has 2 N–H and O–H groups in total. The maximum Gasteiger partial charge on any atom is 0.241 e. The van der Waals surface area contributed by atoms with Gasteiger partial charge in [0, 0.05) is 16.1 Å². The van der Waals surface area contributed by atoms with E-state index in [-0.39, 0.29) is 9.92 Å². The molecule has 0 amide bonds. The molecule has 0 spiro atoms. The summed E-state index contributed by atoms with van der Waals surface area (Å²) in [5, 5.41) is 5.66. The minimum absolute atomic E-state index is 0.0915. The second-order valence-electron chi connectivity index (χ2n) is 3.12. The first-order chi connectivity index (χ1) is 7.41. The molecule has 0 saturated carbocycles. The van der Waals surface area contributed by atoms with E-state index in [1.807, 2.05) is 0 Å². The van der Waals surface area contributed by atoms with E-state index in [2.05, 4.69) is 20.9 Å². The lowest BCUT2D eigenvalue weighted by atomic mass is 10.2. The third-order valence-electron chi connectivity index (χ3n) is 2.06. The molecule has 0 fully saturated rings. The molecule has 2 aromatic rings. The number of aromatic nitrogens is 1. The minimum atomic E-state index is -3.85. The van der Waals surface area contributed by atoms with E-state index in [1.54, 1.807) is 18.2 Å². The van der Waals surface area contributed by atoms with Crippen LogP contribution < -0.4 is 5.14 Å². The number of hydrogen-bond acceptors (Lipinski definition) is 3. The van der Waals surface area contributed by atoms with Gasteiger partial charge in [-0.05, 0) is 22.0 Å². The average molecular weight is 322 g/mol. The molecule has 0 unspecified atom stereocenters. The van der Waals surface area contributed by atoms with Gasteiger partial charge in [0.15, 0.2) is 0 Å². The summed E-state index contributed by atoms with van der Waals surface area (Å²) in [6.45, 7) is 0. The fraction of sp³-hybridized carbons (Fsp3) is 0. The Bertz CT molecular complexity index is 673. The van der Waals surface area contributed by atoms with Crippen molar-refractivity contribution in [2.75, 3.05) is 0 Å². The Morgan fingerprint density at radius 1 is 1.38 bits per heavy atom. The van der Waals surface area contributed by atoms with E-state index in [0.717, 1.165) is 10.7 Å². The summed E-state index contributed by atoms with van der Waals surface area (Å²) in [6.07, 6.45) is 1.16. The molecule has 0 aliphatic heterocycles. The van der Waals surface area contributed by atoms with Crippen LogP contribution in [0.3, 0.4) is 0 Å². The number of fused-ring (bicyclic) bond motifs is 1. The highest BCUT2D eigenvalue weighted by atomic mass is 79.9. The predicted octanol–water partition coefficient (Wildman–Crippen LogP) is 2.30. The predicted molar refractivity (Wildman–Crippen MR) is 65.8 cm³/mol. The maximum atomic E-state index is 11.2. The van der Waals surface area contributed by atoms with E-state index >= 15 is 0 Å². The van der Waals surface area contributed by atoms with E-state index in [1.165, 1.54) is 0 Å². The molecule has 16 heavy (non-hydrogen) atoms. The first-order valence-corrected chi connectivity index (χ1v) is 6.88. The topological polar surface area (TPSA) is 73.1 Å². The van der Waals surface area contributed by atoms with Gasteiger partial charge in [-0.2, -0.15) is 0 Å². The molecular weight excluding hydrogens is 316 g/mol. The van der Waals surface area contributed by atoms with Gasteiger partial charge in [-0.1, -0.05) is 23.7 Å². The lowest BCUT2D eigenvalue weighted by Gasteiger charge is -2.05. The summed E-state index contributed by atoms with van der Waals surface area (Å²) in [5.74, 6) is 0. The first kappa shape index (κ1) is 11.8. The smallest absolute Gasteiger partial charge is 0.241 e. The third kappa shape index (κ3) is 1.93. The number of rotatable bonds is 1. The molecule has 0 aliphatic rings. The van der Waals surface area contributed by atoms with Crippen LogP contribution in [-0.4, -0.2) is 13.4 Å². The van der Waals surface area contributed by atoms with Crippen LogP contribution in [0, 0.1) is 0 Å². The Balaban J connectivity index is 2.92. The number of nitrogens with two attached hydrogens (primary N) is 1. The molecule has 0 bridgehead atoms. The van der Waals surface area contributed by atoms with Gasteiger partial charge in [-0.15, -0.1) is 0 Å². The monoisotopic (exact) mass is 320 g/mol. The Morgan fingerprint density at radius 2 is 2.06 bits per heavy atom. The summed E-state index contributed by atoms with van der Waals surface area (Å²) in [6, 6.07) is 5.22. The Kier molecular flexibility index (Phi) is 2.91. The van der Waals surface area contributed by atoms with Crippen LogP contribution in [-0.2, 0) is 10.0 Å². The number of hydrogen-bond donors (Lipinski definition) is 1. The van der Waals surface area contributed by atoms with Crippen molar-refractivity contribution < 1.29 is 8.42 Å². The summed E-state index contributed by atoms with van der Waals surface area (Å²) < 4.78 is 23.2. The van der Waals surface area contributed by atoms with Crippen LogP contribution >= 0.6 is 27.5 Å². The highest BCUT2D eigenvalue weighted by Crippen LogP contribution is 2.31. The van der Waals surface area contributed by atoms with E-state index < -0.39 is 10.0 Å². The van der Waals surface area contributed by atoms with Gasteiger partial charge in [0.05, 0.1) is 10.5 Å². The normalized spacial score (nSPS) is 11.9. The van der Waals surface area contributed by atoms with Crippen molar-refractivity contribution in [2.24, 2.45) is 5.14 Å². The van der Waals surface area contributed by atoms with E-state index in [0.29, 0.717) is 10.9 Å². The van der Waals surface area contributed by atoms with Crippen LogP contribution in [0.2, 0.25) is 5.02 Å². The second-order valence-corrected chi connectivity index (χ2v) is 5.88. The van der Waals surface area contributed by atoms with E-state index in [9.17, 15) is 8.42 Å². The number of pyridine rings is 1. The van der Waals surface area contributed by atoms with Crippen LogP contribution in [0.25, 0.3) is 10.9 Å². The van der Waals surface area contributed by atoms with Crippen LogP contribution in [0.5, 0.6) is 0 Å². The molecule has 4 nitrogen and oxygen atoms in total. The highest BCUT2D eigenvalue weighted by Gasteiger charge is 2.16. The Hall–Kier alpha value is -0.690. The standard InChI is InChI=1S/C9H6BrClN2O2S/c10-6-3-1-2-5-8(11)7(16(12,14)15)4-13-9(5)6/h1-4H,(H2,12,14,15). The molecule has 1 aromatic heterocycles. The summed E-state index contributed by atoms with van der Waals surface area (Å²) in [7, 11) is -3.85. The van der Waals surface area contributed by atoms with Gasteiger partial charge in [-0.3, -0.25) is 4.98 Å². The van der Waals surface area contributed by atoms with Crippen molar-refractivity contribution in [3.63, 3.8) is 0 Å². The zero-order chi connectivity index (χ0) is 11.9. The second kappa shape index (κ2) is 3.96. The largest absolute Gasteiger partial charge is 0.254 e. The van der Waals surface area contributed by atoms with Crippen molar-refractivity contribution in [2.45, 2.75) is 4.90 Å². The zero-order valence-corrected chi connectivity index (χ0v) is 11.0. The third-order valence-corrected chi connectivity index (χ3v) is 4.14. The highest BCUT2D eigenvalue weighted by molar-refractivity contribution is 9.10. The molecule has 0 atom stereocenters. The maximum absolute atomic E-state index is 11.2. The Labute approximate surface area is 106 Å². The zero-order valence-electron chi connectivity index (χ0n) is 7.81. The van der Waals surface area contributed by atoms with Crippen molar-refractivity contribution in [3.05, 3.63) is 33.9 Å². The molecular formula is C9H6BrClN2O2S. The van der Waals surface area contributed by atoms with Gasteiger partial charge in [-0.25, -0.2) is 13.6 Å². The SMILES string of the molecule is NS(=O)(=O)c1cnc2c(Br)cccc2c1Cl. The molecule has 7 heteroatoms. The minimum Gasteiger partial charge on any atom is -0.254 e. The summed E-state index contributed by atoms with van der Waals surface area (Å²) in [5.41, 5.74) is 0.597. The van der Waals surface area contributed by atoms with Crippen LogP contribution in [0.4, 0.5) is 0 Å². The van der Waals surface area contributed by atoms with Crippen molar-refractivity contribution in [1.82, 2.24) is 4.98 Å². The van der Waals surface area contributed by atoms with Gasteiger partial charge < -0.3 is 0 Å². The summed E-state index contributed by atoms with van der Waals surface area (Å²) in [4.78, 5) is 3.85. The van der Waals surface area contributed by atoms with Gasteiger partial charge in [0.25, 0.3) is 0 Å². The lowest BCUT2D eigenvalue weighted by Crippen LogP contribution is -2.13. The number of nitrogens with zero attached hydrogens (tertiary/aromatic N) is 1. The van der Waals surface area contributed by atoms with Crippen LogP contribution in [0.15, 0.2) is 33.8 Å². The number of benzene rings is 1.